The van der Waals surface area contributed by atoms with Crippen LogP contribution in [0.4, 0.5) is 5.82 Å². The molecule has 0 aliphatic heterocycles. The smallest absolute Gasteiger partial charge is 0.263 e. The van der Waals surface area contributed by atoms with Crippen molar-refractivity contribution in [3.63, 3.8) is 0 Å². The normalized spacial score (nSPS) is 11.0. The summed E-state index contributed by atoms with van der Waals surface area (Å²) in [5.41, 5.74) is 2.60. The highest BCUT2D eigenvalue weighted by Gasteiger charge is 2.19. The summed E-state index contributed by atoms with van der Waals surface area (Å²) in [4.78, 5) is 21.6. The monoisotopic (exact) mass is 418 g/mol. The van der Waals surface area contributed by atoms with Crippen molar-refractivity contribution in [2.24, 2.45) is 0 Å². The largest absolute Gasteiger partial charge is 0.479 e. The lowest BCUT2D eigenvalue weighted by Gasteiger charge is -2.10. The molecule has 0 saturated carbocycles. The van der Waals surface area contributed by atoms with E-state index in [9.17, 15) is 4.79 Å². The van der Waals surface area contributed by atoms with Crippen LogP contribution in [0.3, 0.4) is 0 Å². The van der Waals surface area contributed by atoms with Crippen molar-refractivity contribution >= 4 is 11.7 Å². The molecular weight excluding hydrogens is 396 g/mol. The molecule has 1 N–H and O–H groups in total. The van der Waals surface area contributed by atoms with E-state index in [1.807, 2.05) is 37.5 Å². The first-order valence-corrected chi connectivity index (χ1v) is 9.70. The van der Waals surface area contributed by atoms with Crippen LogP contribution >= 0.6 is 0 Å². The molecule has 4 rings (SSSR count). The number of aryl methyl sites for hydroxylation is 1. The van der Waals surface area contributed by atoms with Crippen molar-refractivity contribution in [2.45, 2.75) is 26.8 Å². The fraction of sp³-hybridized carbons (Fsp3) is 0.238. The molecule has 0 atom stereocenters. The number of rotatable bonds is 6. The van der Waals surface area contributed by atoms with Gasteiger partial charge in [-0.05, 0) is 44.5 Å². The van der Waals surface area contributed by atoms with Gasteiger partial charge < -0.3 is 14.6 Å². The number of carbonyl (C=O) groups excluding carboxylic acids is 1. The lowest BCUT2D eigenvalue weighted by molar-refractivity contribution is 0.102. The van der Waals surface area contributed by atoms with Gasteiger partial charge in [-0.3, -0.25) is 9.78 Å². The molecule has 4 aromatic rings. The second-order valence-electron chi connectivity index (χ2n) is 7.23. The Morgan fingerprint density at radius 3 is 2.81 bits per heavy atom. The summed E-state index contributed by atoms with van der Waals surface area (Å²) in [5, 5.41) is 15.3. The van der Waals surface area contributed by atoms with Gasteiger partial charge in [0.1, 0.15) is 23.4 Å². The van der Waals surface area contributed by atoms with E-state index in [1.54, 1.807) is 41.7 Å². The molecule has 0 aliphatic carbocycles. The van der Waals surface area contributed by atoms with Crippen LogP contribution in [0.15, 0.2) is 49.2 Å². The Hall–Kier alpha value is -4.08. The second-order valence-corrected chi connectivity index (χ2v) is 7.23. The number of carbonyl (C=O) groups is 1. The molecule has 158 valence electrons. The molecule has 0 radical (unpaired) electrons. The maximum Gasteiger partial charge on any atom is 0.263 e. The minimum Gasteiger partial charge on any atom is -0.479 e. The number of methoxy groups -OCH3 is 1. The Morgan fingerprint density at radius 1 is 1.23 bits per heavy atom. The molecule has 1 amide bonds. The minimum atomic E-state index is -0.390. The molecule has 0 aromatic carbocycles. The topological polar surface area (TPSA) is 113 Å². The molecule has 0 bridgehead atoms. The van der Waals surface area contributed by atoms with E-state index in [0.717, 1.165) is 11.3 Å². The number of pyridine rings is 2. The zero-order chi connectivity index (χ0) is 22.0. The van der Waals surface area contributed by atoms with Crippen LogP contribution in [0.2, 0.25) is 0 Å². The van der Waals surface area contributed by atoms with Crippen LogP contribution in [0.5, 0.6) is 5.88 Å². The summed E-state index contributed by atoms with van der Waals surface area (Å²) in [6.07, 6.45) is 6.67. The van der Waals surface area contributed by atoms with Gasteiger partial charge in [-0.1, -0.05) is 6.07 Å². The van der Waals surface area contributed by atoms with Crippen molar-refractivity contribution in [1.29, 1.82) is 0 Å². The highest BCUT2D eigenvalue weighted by molar-refractivity contribution is 6.05. The molecule has 10 heteroatoms. The average molecular weight is 418 g/mol. The zero-order valence-corrected chi connectivity index (χ0v) is 17.6. The first-order chi connectivity index (χ1) is 15.0. The fourth-order valence-corrected chi connectivity index (χ4v) is 3.08. The Morgan fingerprint density at radius 2 is 2.06 bits per heavy atom. The molecule has 10 nitrogen and oxygen atoms in total. The van der Waals surface area contributed by atoms with E-state index in [0.29, 0.717) is 17.3 Å². The first kappa shape index (κ1) is 20.2. The molecule has 4 aromatic heterocycles. The molecule has 0 spiro atoms. The summed E-state index contributed by atoms with van der Waals surface area (Å²) in [5.74, 6) is 0.824. The second kappa shape index (κ2) is 8.34. The van der Waals surface area contributed by atoms with Crippen molar-refractivity contribution in [2.75, 3.05) is 12.4 Å². The third kappa shape index (κ3) is 4.13. The third-order valence-corrected chi connectivity index (χ3v) is 4.59. The summed E-state index contributed by atoms with van der Waals surface area (Å²) in [6, 6.07) is 7.42. The van der Waals surface area contributed by atoms with E-state index in [-0.39, 0.29) is 17.5 Å². The van der Waals surface area contributed by atoms with Crippen LogP contribution in [0.1, 0.15) is 35.8 Å². The van der Waals surface area contributed by atoms with Crippen LogP contribution in [0, 0.1) is 6.92 Å². The highest BCUT2D eigenvalue weighted by atomic mass is 16.5. The summed E-state index contributed by atoms with van der Waals surface area (Å²) >= 11 is 0. The molecule has 4 heterocycles. The molecule has 0 fully saturated rings. The SMILES string of the molecule is COc1nn(-c2cncc(C)c2)cc1C(=O)Nc1cccc(-c2nncn2C(C)C)n1. The predicted octanol–water partition coefficient (Wildman–Crippen LogP) is 3.07. The minimum absolute atomic E-state index is 0.177. The Bertz CT molecular complexity index is 1230. The molecule has 0 unspecified atom stereocenters. The lowest BCUT2D eigenvalue weighted by Crippen LogP contribution is -2.14. The molecule has 31 heavy (non-hydrogen) atoms. The Balaban J connectivity index is 1.61. The predicted molar refractivity (Wildman–Crippen MR) is 114 cm³/mol. The lowest BCUT2D eigenvalue weighted by atomic mass is 10.3. The van der Waals surface area contributed by atoms with Crippen LogP contribution in [-0.4, -0.2) is 47.5 Å². The quantitative estimate of drug-likeness (QED) is 0.512. The zero-order valence-electron chi connectivity index (χ0n) is 17.6. The number of nitrogens with zero attached hydrogens (tertiary/aromatic N) is 7. The number of amides is 1. The van der Waals surface area contributed by atoms with Gasteiger partial charge in [0.15, 0.2) is 5.82 Å². The third-order valence-electron chi connectivity index (χ3n) is 4.59. The maximum atomic E-state index is 12.9. The number of hydrogen-bond donors (Lipinski definition) is 1. The van der Waals surface area contributed by atoms with E-state index in [4.69, 9.17) is 4.74 Å². The number of nitrogens with one attached hydrogen (secondary N) is 1. The summed E-state index contributed by atoms with van der Waals surface area (Å²) in [7, 11) is 1.47. The summed E-state index contributed by atoms with van der Waals surface area (Å²) in [6.45, 7) is 6.00. The van der Waals surface area contributed by atoms with Gasteiger partial charge in [0.2, 0.25) is 5.88 Å². The van der Waals surface area contributed by atoms with Crippen molar-refractivity contribution in [1.82, 2.24) is 34.5 Å². The van der Waals surface area contributed by atoms with Crippen LogP contribution in [0.25, 0.3) is 17.2 Å². The standard InChI is InChI=1S/C21H22N8O2/c1-13(2)28-12-23-26-19(28)17-6-5-7-18(24-17)25-20(30)16-11-29(27-21(16)31-4)15-8-14(3)9-22-10-15/h5-13H,1-4H3,(H,24,25,30). The number of aromatic nitrogens is 7. The average Bonchev–Trinajstić information content (AvgIpc) is 3.41. The number of ether oxygens (including phenoxy) is 1. The first-order valence-electron chi connectivity index (χ1n) is 9.70. The Labute approximate surface area is 178 Å². The number of anilines is 1. The van der Waals surface area contributed by atoms with Gasteiger partial charge in [0.05, 0.1) is 19.0 Å². The van der Waals surface area contributed by atoms with E-state index >= 15 is 0 Å². The molecule has 0 aliphatic rings. The Kier molecular flexibility index (Phi) is 5.44. The van der Waals surface area contributed by atoms with Crippen molar-refractivity contribution < 1.29 is 9.53 Å². The summed E-state index contributed by atoms with van der Waals surface area (Å²) < 4.78 is 8.78. The van der Waals surface area contributed by atoms with Crippen LogP contribution < -0.4 is 10.1 Å². The molecule has 0 saturated heterocycles. The van der Waals surface area contributed by atoms with E-state index < -0.39 is 5.91 Å². The van der Waals surface area contributed by atoms with E-state index in [1.165, 1.54) is 7.11 Å². The van der Waals surface area contributed by atoms with E-state index in [2.05, 4.69) is 30.6 Å². The number of hydrogen-bond acceptors (Lipinski definition) is 7. The van der Waals surface area contributed by atoms with Crippen molar-refractivity contribution in [3.8, 4) is 23.1 Å². The van der Waals surface area contributed by atoms with Crippen molar-refractivity contribution in [3.05, 3.63) is 60.3 Å². The van der Waals surface area contributed by atoms with Crippen LogP contribution in [-0.2, 0) is 0 Å². The highest BCUT2D eigenvalue weighted by Crippen LogP contribution is 2.22. The molecular formula is C21H22N8O2. The van der Waals surface area contributed by atoms with Gasteiger partial charge in [0.25, 0.3) is 5.91 Å². The van der Waals surface area contributed by atoms with Gasteiger partial charge in [-0.15, -0.1) is 15.3 Å². The van der Waals surface area contributed by atoms with Gasteiger partial charge in [0, 0.05) is 18.4 Å². The van der Waals surface area contributed by atoms with Gasteiger partial charge >= 0.3 is 0 Å². The fourth-order valence-electron chi connectivity index (χ4n) is 3.08. The van der Waals surface area contributed by atoms with Gasteiger partial charge in [-0.2, -0.15) is 0 Å². The maximum absolute atomic E-state index is 12.9. The van der Waals surface area contributed by atoms with Gasteiger partial charge in [-0.25, -0.2) is 9.67 Å².